The van der Waals surface area contributed by atoms with Crippen LogP contribution in [0.4, 0.5) is 11.4 Å². The lowest BCUT2D eigenvalue weighted by Crippen LogP contribution is -2.18. The summed E-state index contributed by atoms with van der Waals surface area (Å²) in [6.45, 7) is 2.25. The van der Waals surface area contributed by atoms with Crippen LogP contribution in [-0.2, 0) is 17.6 Å². The van der Waals surface area contributed by atoms with Crippen molar-refractivity contribution in [2.24, 2.45) is 0 Å². The molecule has 1 aliphatic heterocycles. The average molecular weight is 411 g/mol. The number of thioether (sulfide) groups is 1. The summed E-state index contributed by atoms with van der Waals surface area (Å²) in [6, 6.07) is 8.17. The number of nitrogens with one attached hydrogen (secondary N) is 1. The molecule has 5 nitrogen and oxygen atoms in total. The van der Waals surface area contributed by atoms with Gasteiger partial charge in [-0.3, -0.25) is 4.79 Å². The third kappa shape index (κ3) is 3.49. The zero-order chi connectivity index (χ0) is 18.9. The highest BCUT2D eigenvalue weighted by Crippen LogP contribution is 2.40. The van der Waals surface area contributed by atoms with E-state index in [4.69, 9.17) is 0 Å². The number of nitrogens with zero attached hydrogens (tertiary/aromatic N) is 3. The molecule has 1 saturated heterocycles. The lowest BCUT2D eigenvalue weighted by molar-refractivity contribution is -0.113. The van der Waals surface area contributed by atoms with Gasteiger partial charge in [0.1, 0.15) is 16.2 Å². The maximum Gasteiger partial charge on any atom is 0.234 e. The van der Waals surface area contributed by atoms with Crippen LogP contribution in [0.3, 0.4) is 0 Å². The molecule has 5 rings (SSSR count). The lowest BCUT2D eigenvalue weighted by Gasteiger charge is -2.17. The van der Waals surface area contributed by atoms with Crippen LogP contribution in [-0.4, -0.2) is 34.7 Å². The highest BCUT2D eigenvalue weighted by atomic mass is 32.2. The predicted molar refractivity (Wildman–Crippen MR) is 117 cm³/mol. The molecule has 28 heavy (non-hydrogen) atoms. The molecule has 144 valence electrons. The molecule has 0 spiro atoms. The predicted octanol–water partition coefficient (Wildman–Crippen LogP) is 4.51. The fourth-order valence-corrected chi connectivity index (χ4v) is 6.19. The Bertz CT molecular complexity index is 1010. The van der Waals surface area contributed by atoms with Crippen molar-refractivity contribution in [1.29, 1.82) is 0 Å². The molecule has 0 bridgehead atoms. The van der Waals surface area contributed by atoms with Crippen LogP contribution < -0.4 is 10.2 Å². The lowest BCUT2D eigenvalue weighted by atomic mass is 10.2. The molecule has 2 aliphatic rings. The Morgan fingerprint density at radius 3 is 2.75 bits per heavy atom. The molecular weight excluding hydrogens is 388 g/mol. The van der Waals surface area contributed by atoms with Crippen LogP contribution in [0, 0.1) is 0 Å². The van der Waals surface area contributed by atoms with Gasteiger partial charge in [0.25, 0.3) is 0 Å². The number of aryl methyl sites for hydroxylation is 2. The van der Waals surface area contributed by atoms with Crippen LogP contribution in [0.1, 0.15) is 29.7 Å². The molecule has 3 aromatic rings. The molecule has 1 N–H and O–H groups in total. The second kappa shape index (κ2) is 7.72. The first kappa shape index (κ1) is 17.9. The summed E-state index contributed by atoms with van der Waals surface area (Å²) in [5.41, 5.74) is 3.48. The van der Waals surface area contributed by atoms with E-state index in [0.29, 0.717) is 5.75 Å². The first-order valence-corrected chi connectivity index (χ1v) is 11.6. The quantitative estimate of drug-likeness (QED) is 0.495. The SMILES string of the molecule is O=C(CSc1ncnc2sc3c(c12)CCC3)Nc1ccc(N2CCCC2)cc1. The number of anilines is 2. The van der Waals surface area contributed by atoms with E-state index in [9.17, 15) is 4.79 Å². The highest BCUT2D eigenvalue weighted by Gasteiger charge is 2.21. The molecule has 7 heteroatoms. The summed E-state index contributed by atoms with van der Waals surface area (Å²) >= 11 is 3.29. The molecule has 0 radical (unpaired) electrons. The number of hydrogen-bond donors (Lipinski definition) is 1. The smallest absolute Gasteiger partial charge is 0.234 e. The summed E-state index contributed by atoms with van der Waals surface area (Å²) < 4.78 is 0. The van der Waals surface area contributed by atoms with Crippen molar-refractivity contribution in [2.45, 2.75) is 37.1 Å². The van der Waals surface area contributed by atoms with Gasteiger partial charge in [-0.2, -0.15) is 0 Å². The van der Waals surface area contributed by atoms with Gasteiger partial charge in [0.2, 0.25) is 5.91 Å². The van der Waals surface area contributed by atoms with Crippen molar-refractivity contribution in [2.75, 3.05) is 29.1 Å². The highest BCUT2D eigenvalue weighted by molar-refractivity contribution is 8.00. The van der Waals surface area contributed by atoms with E-state index in [1.807, 2.05) is 12.1 Å². The minimum Gasteiger partial charge on any atom is -0.372 e. The van der Waals surface area contributed by atoms with E-state index in [-0.39, 0.29) is 5.91 Å². The minimum absolute atomic E-state index is 0.00226. The van der Waals surface area contributed by atoms with Crippen molar-refractivity contribution >= 4 is 50.6 Å². The number of aromatic nitrogens is 2. The zero-order valence-electron chi connectivity index (χ0n) is 15.6. The maximum absolute atomic E-state index is 12.5. The van der Waals surface area contributed by atoms with Gasteiger partial charge >= 0.3 is 0 Å². The molecule has 1 aromatic carbocycles. The van der Waals surface area contributed by atoms with E-state index in [2.05, 4.69) is 32.3 Å². The van der Waals surface area contributed by atoms with Crippen LogP contribution in [0.5, 0.6) is 0 Å². The summed E-state index contributed by atoms with van der Waals surface area (Å²) in [6.07, 6.45) is 7.61. The van der Waals surface area contributed by atoms with E-state index in [0.717, 1.165) is 41.5 Å². The van der Waals surface area contributed by atoms with Gasteiger partial charge in [-0.15, -0.1) is 11.3 Å². The Morgan fingerprint density at radius 1 is 1.11 bits per heavy atom. The van der Waals surface area contributed by atoms with E-state index in [1.54, 1.807) is 17.7 Å². The van der Waals surface area contributed by atoms with E-state index in [1.165, 1.54) is 52.5 Å². The van der Waals surface area contributed by atoms with Gasteiger partial charge in [0, 0.05) is 34.7 Å². The summed E-state index contributed by atoms with van der Waals surface area (Å²) in [5.74, 6) is 0.350. The molecule has 0 saturated carbocycles. The van der Waals surface area contributed by atoms with Crippen LogP contribution >= 0.6 is 23.1 Å². The summed E-state index contributed by atoms with van der Waals surface area (Å²) in [7, 11) is 0. The monoisotopic (exact) mass is 410 g/mol. The molecule has 2 aromatic heterocycles. The molecule has 0 atom stereocenters. The summed E-state index contributed by atoms with van der Waals surface area (Å²) in [5, 5.41) is 5.11. The Labute approximate surface area is 172 Å². The normalized spacial score (nSPS) is 15.9. The van der Waals surface area contributed by atoms with E-state index < -0.39 is 0 Å². The third-order valence-electron chi connectivity index (χ3n) is 5.43. The average Bonchev–Trinajstić information content (AvgIpc) is 3.44. The second-order valence-corrected chi connectivity index (χ2v) is 9.34. The molecule has 1 amide bonds. The van der Waals surface area contributed by atoms with Gasteiger partial charge in [-0.1, -0.05) is 11.8 Å². The number of amides is 1. The van der Waals surface area contributed by atoms with Crippen molar-refractivity contribution in [3.05, 3.63) is 41.0 Å². The van der Waals surface area contributed by atoms with Gasteiger partial charge in [0.05, 0.1) is 5.75 Å². The Kier molecular flexibility index (Phi) is 4.94. The molecular formula is C21H22N4OS2. The number of hydrogen-bond acceptors (Lipinski definition) is 6. The fourth-order valence-electron chi connectivity index (χ4n) is 4.07. The molecule has 1 aliphatic carbocycles. The van der Waals surface area contributed by atoms with Gasteiger partial charge < -0.3 is 10.2 Å². The minimum atomic E-state index is -0.00226. The van der Waals surface area contributed by atoms with Crippen LogP contribution in [0.25, 0.3) is 10.2 Å². The zero-order valence-corrected chi connectivity index (χ0v) is 17.2. The standard InChI is InChI=1S/C21H22N4OS2/c26-18(24-14-6-8-15(9-7-14)25-10-1-2-11-25)12-27-20-19-16-4-3-5-17(16)28-21(19)23-13-22-20/h6-9,13H,1-5,10-12H2,(H,24,26). The number of thiophene rings is 1. The fraction of sp³-hybridized carbons (Fsp3) is 0.381. The van der Waals surface area contributed by atoms with Gasteiger partial charge in [-0.25, -0.2) is 9.97 Å². The number of rotatable bonds is 5. The second-order valence-electron chi connectivity index (χ2n) is 7.29. The third-order valence-corrected chi connectivity index (χ3v) is 7.62. The largest absolute Gasteiger partial charge is 0.372 e. The first-order valence-electron chi connectivity index (χ1n) is 9.81. The van der Waals surface area contributed by atoms with Crippen LogP contribution in [0.2, 0.25) is 0 Å². The Morgan fingerprint density at radius 2 is 1.93 bits per heavy atom. The number of carbonyl (C=O) groups excluding carboxylic acids is 1. The maximum atomic E-state index is 12.5. The summed E-state index contributed by atoms with van der Waals surface area (Å²) in [4.78, 5) is 26.2. The molecule has 3 heterocycles. The topological polar surface area (TPSA) is 58.1 Å². The number of carbonyl (C=O) groups is 1. The van der Waals surface area contributed by atoms with Crippen molar-refractivity contribution in [1.82, 2.24) is 9.97 Å². The molecule has 0 unspecified atom stereocenters. The first-order chi connectivity index (χ1) is 13.8. The van der Waals surface area contributed by atoms with Crippen molar-refractivity contribution < 1.29 is 4.79 Å². The van der Waals surface area contributed by atoms with Crippen molar-refractivity contribution in [3.63, 3.8) is 0 Å². The Balaban J connectivity index is 1.24. The molecule has 1 fully saturated rings. The van der Waals surface area contributed by atoms with Crippen molar-refractivity contribution in [3.8, 4) is 0 Å². The Hall–Kier alpha value is -2.12. The number of fused-ring (bicyclic) bond motifs is 3. The van der Waals surface area contributed by atoms with Gasteiger partial charge in [-0.05, 0) is 61.9 Å². The van der Waals surface area contributed by atoms with E-state index >= 15 is 0 Å². The number of benzene rings is 1. The van der Waals surface area contributed by atoms with Gasteiger partial charge in [0.15, 0.2) is 0 Å². The van der Waals surface area contributed by atoms with Crippen LogP contribution in [0.15, 0.2) is 35.6 Å².